The first-order valence-corrected chi connectivity index (χ1v) is 12.8. The number of halogens is 1. The minimum atomic E-state index is -0.737. The van der Waals surface area contributed by atoms with Gasteiger partial charge in [0, 0.05) is 25.7 Å². The number of aliphatic hydroxyl groups is 1. The van der Waals surface area contributed by atoms with Gasteiger partial charge < -0.3 is 29.1 Å². The van der Waals surface area contributed by atoms with Crippen molar-refractivity contribution in [3.05, 3.63) is 34.1 Å². The van der Waals surface area contributed by atoms with Crippen molar-refractivity contribution in [3.8, 4) is 5.75 Å². The van der Waals surface area contributed by atoms with Crippen LogP contribution in [-0.2, 0) is 9.47 Å². The summed E-state index contributed by atoms with van der Waals surface area (Å²) in [6.45, 7) is 12.8. The van der Waals surface area contributed by atoms with Crippen LogP contribution < -0.4 is 4.74 Å². The molecule has 0 spiro atoms. The summed E-state index contributed by atoms with van der Waals surface area (Å²) in [5, 5.41) is 20.2. The first-order chi connectivity index (χ1) is 17.5. The molecule has 11 nitrogen and oxygen atoms in total. The van der Waals surface area contributed by atoms with Gasteiger partial charge >= 0.3 is 12.2 Å². The second-order valence-corrected chi connectivity index (χ2v) is 11.4. The quantitative estimate of drug-likeness (QED) is 0.379. The predicted molar refractivity (Wildman–Crippen MR) is 144 cm³/mol. The van der Waals surface area contributed by atoms with Gasteiger partial charge in [0.25, 0.3) is 5.69 Å². The maximum atomic E-state index is 13.5. The van der Waals surface area contributed by atoms with Crippen molar-refractivity contribution in [1.82, 2.24) is 9.80 Å². The molecule has 2 aliphatic heterocycles. The molecule has 222 valence electrons. The van der Waals surface area contributed by atoms with Crippen LogP contribution in [0.4, 0.5) is 19.7 Å². The Bertz CT molecular complexity index is 977. The van der Waals surface area contributed by atoms with E-state index in [-0.39, 0.29) is 31.1 Å². The third kappa shape index (κ3) is 12.5. The summed E-state index contributed by atoms with van der Waals surface area (Å²) in [5.41, 5.74) is -1.42. The Hall–Kier alpha value is -3.15. The van der Waals surface area contributed by atoms with Crippen molar-refractivity contribution in [2.24, 2.45) is 0 Å². The number of non-ortho nitro benzene ring substituents is 1. The third-order valence-electron chi connectivity index (χ3n) is 5.45. The molecule has 2 atom stereocenters. The van der Waals surface area contributed by atoms with E-state index in [4.69, 9.17) is 14.2 Å². The molecule has 2 aliphatic rings. The Morgan fingerprint density at radius 3 is 1.95 bits per heavy atom. The molecule has 1 N–H and O–H groups in total. The zero-order valence-electron chi connectivity index (χ0n) is 23.1. The van der Waals surface area contributed by atoms with Crippen molar-refractivity contribution in [2.75, 3.05) is 26.2 Å². The molecule has 0 bridgehead atoms. The molecule has 0 saturated carbocycles. The highest BCUT2D eigenvalue weighted by Crippen LogP contribution is 2.25. The molecule has 0 aliphatic carbocycles. The topological polar surface area (TPSA) is 132 Å². The number of nitrogens with zero attached hydrogens (tertiary/aromatic N) is 3. The fraction of sp³-hybridized carbons (Fsp3) is 0.704. The lowest BCUT2D eigenvalue weighted by Gasteiger charge is -2.34. The summed E-state index contributed by atoms with van der Waals surface area (Å²) in [5.74, 6) is -0.656. The number of piperidine rings is 2. The van der Waals surface area contributed by atoms with E-state index in [9.17, 15) is 29.2 Å². The van der Waals surface area contributed by atoms with Gasteiger partial charge in [0.05, 0.1) is 29.7 Å². The summed E-state index contributed by atoms with van der Waals surface area (Å²) in [7, 11) is 0. The van der Waals surface area contributed by atoms with Crippen LogP contribution in [-0.4, -0.2) is 81.6 Å². The van der Waals surface area contributed by atoms with Crippen molar-refractivity contribution >= 4 is 17.9 Å². The van der Waals surface area contributed by atoms with Crippen molar-refractivity contribution in [3.63, 3.8) is 0 Å². The lowest BCUT2D eigenvalue weighted by Crippen LogP contribution is -2.46. The minimum Gasteiger partial charge on any atom is -0.488 e. The van der Waals surface area contributed by atoms with E-state index < -0.39 is 34.1 Å². The van der Waals surface area contributed by atoms with Gasteiger partial charge in [0.2, 0.25) is 0 Å². The number of benzene rings is 1. The first-order valence-electron chi connectivity index (χ1n) is 12.8. The van der Waals surface area contributed by atoms with Crippen LogP contribution >= 0.6 is 0 Å². The molecule has 2 fully saturated rings. The average molecular weight is 558 g/mol. The maximum absolute atomic E-state index is 13.5. The monoisotopic (exact) mass is 557 g/mol. The van der Waals surface area contributed by atoms with Crippen LogP contribution in [0, 0.1) is 15.9 Å². The molecule has 1 aromatic rings. The predicted octanol–water partition coefficient (Wildman–Crippen LogP) is 5.53. The first kappa shape index (κ1) is 33.9. The van der Waals surface area contributed by atoms with Crippen LogP contribution in [0.1, 0.15) is 74.7 Å². The molecule has 2 saturated heterocycles. The van der Waals surface area contributed by atoms with Crippen molar-refractivity contribution in [1.29, 1.82) is 0 Å². The number of aliphatic hydroxyl groups excluding tert-OH is 1. The Morgan fingerprint density at radius 1 is 0.949 bits per heavy atom. The Kier molecular flexibility index (Phi) is 12.4. The number of nitro groups is 1. The van der Waals surface area contributed by atoms with Crippen LogP contribution in [0.15, 0.2) is 18.2 Å². The molecule has 0 aromatic heterocycles. The van der Waals surface area contributed by atoms with Gasteiger partial charge in [0.1, 0.15) is 28.9 Å². The molecular weight excluding hydrogens is 513 g/mol. The molecule has 0 radical (unpaired) electrons. The standard InChI is InChI=1S/C16H21FN2O5.C10H19NO3.CH4/c1-16(2,3)24-15(20)18-6-4-5-13(10-18)23-14-8-11(17)7-12(9-14)19(21)22;1-10(2,3)14-9(13)11-6-4-5-8(12)7-11;/h7-9,13H,4-6,10H2,1-3H3;8,12H,4-7H2,1-3H3;1H4/t13-;8-;/m00./s1. The highest BCUT2D eigenvalue weighted by atomic mass is 19.1. The Morgan fingerprint density at radius 2 is 1.46 bits per heavy atom. The summed E-state index contributed by atoms with van der Waals surface area (Å²) in [6.07, 6.45) is 1.49. The number of likely N-dealkylation sites (tertiary alicyclic amines) is 2. The highest BCUT2D eigenvalue weighted by molar-refractivity contribution is 5.68. The molecule has 39 heavy (non-hydrogen) atoms. The van der Waals surface area contributed by atoms with E-state index in [1.54, 1.807) is 25.7 Å². The molecule has 0 unspecified atom stereocenters. The SMILES string of the molecule is C.CC(C)(C)OC(=O)N1CCC[C@H](O)C1.CC(C)(C)OC(=O)N1CCC[C@H](Oc2cc(F)cc([N+](=O)[O-])c2)C1. The summed E-state index contributed by atoms with van der Waals surface area (Å²) in [6, 6.07) is 3.11. The largest absolute Gasteiger partial charge is 0.488 e. The number of amides is 2. The number of hydrogen-bond acceptors (Lipinski definition) is 8. The lowest BCUT2D eigenvalue weighted by atomic mass is 10.1. The van der Waals surface area contributed by atoms with Crippen LogP contribution in [0.5, 0.6) is 5.75 Å². The zero-order chi connectivity index (χ0) is 28.7. The second kappa shape index (κ2) is 14.3. The van der Waals surface area contributed by atoms with Gasteiger partial charge in [-0.25, -0.2) is 14.0 Å². The number of carbonyl (C=O) groups excluding carboxylic acids is 2. The number of β-amino-alcohol motifs (C(OH)–C–C–N with tert-alkyl or cyclic N) is 1. The third-order valence-corrected chi connectivity index (χ3v) is 5.45. The minimum absolute atomic E-state index is 0. The van der Waals surface area contributed by atoms with Crippen molar-refractivity contribution < 1.29 is 38.2 Å². The van der Waals surface area contributed by atoms with Crippen molar-refractivity contribution in [2.45, 2.75) is 98.1 Å². The van der Waals surface area contributed by atoms with E-state index >= 15 is 0 Å². The molecule has 2 heterocycles. The number of rotatable bonds is 3. The van der Waals surface area contributed by atoms with E-state index in [0.29, 0.717) is 39.0 Å². The highest BCUT2D eigenvalue weighted by Gasteiger charge is 2.29. The summed E-state index contributed by atoms with van der Waals surface area (Å²) in [4.78, 5) is 36.9. The van der Waals surface area contributed by atoms with E-state index in [0.717, 1.165) is 25.0 Å². The molecular formula is C27H44FN3O8. The van der Waals surface area contributed by atoms with E-state index in [2.05, 4.69) is 0 Å². The van der Waals surface area contributed by atoms with Crippen LogP contribution in [0.2, 0.25) is 0 Å². The molecule has 12 heteroatoms. The molecule has 1 aromatic carbocycles. The summed E-state index contributed by atoms with van der Waals surface area (Å²) < 4.78 is 29.6. The van der Waals surface area contributed by atoms with Gasteiger partial charge in [-0.05, 0) is 67.2 Å². The fourth-order valence-electron chi connectivity index (χ4n) is 3.89. The number of hydrogen-bond donors (Lipinski definition) is 1. The summed E-state index contributed by atoms with van der Waals surface area (Å²) >= 11 is 0. The van der Waals surface area contributed by atoms with Gasteiger partial charge in [-0.1, -0.05) is 7.43 Å². The fourth-order valence-corrected chi connectivity index (χ4v) is 3.89. The van der Waals surface area contributed by atoms with E-state index in [1.807, 2.05) is 20.8 Å². The van der Waals surface area contributed by atoms with Gasteiger partial charge in [-0.2, -0.15) is 0 Å². The van der Waals surface area contributed by atoms with Gasteiger partial charge in [-0.3, -0.25) is 10.1 Å². The second-order valence-electron chi connectivity index (χ2n) is 11.4. The lowest BCUT2D eigenvalue weighted by molar-refractivity contribution is -0.385. The number of carbonyl (C=O) groups is 2. The van der Waals surface area contributed by atoms with Crippen LogP contribution in [0.3, 0.4) is 0 Å². The maximum Gasteiger partial charge on any atom is 0.410 e. The Labute approximate surface area is 230 Å². The van der Waals surface area contributed by atoms with Gasteiger partial charge in [0.15, 0.2) is 0 Å². The number of nitro benzene ring substituents is 1. The molecule has 3 rings (SSSR count). The molecule has 2 amide bonds. The van der Waals surface area contributed by atoms with Crippen LogP contribution in [0.25, 0.3) is 0 Å². The smallest absolute Gasteiger partial charge is 0.410 e. The van der Waals surface area contributed by atoms with E-state index in [1.165, 1.54) is 11.0 Å². The average Bonchev–Trinajstić information content (AvgIpc) is 2.77. The number of ether oxygens (including phenoxy) is 3. The Balaban J connectivity index is 0.000000434. The van der Waals surface area contributed by atoms with Gasteiger partial charge in [-0.15, -0.1) is 0 Å². The zero-order valence-corrected chi connectivity index (χ0v) is 23.1. The normalized spacial score (nSPS) is 19.6.